The summed E-state index contributed by atoms with van der Waals surface area (Å²) in [7, 11) is 0. The molecule has 31 heavy (non-hydrogen) atoms. The second-order valence-electron chi connectivity index (χ2n) is 6.53. The highest BCUT2D eigenvalue weighted by molar-refractivity contribution is 9.10. The molecule has 0 radical (unpaired) electrons. The van der Waals surface area contributed by atoms with Gasteiger partial charge in [-0.15, -0.1) is 0 Å². The van der Waals surface area contributed by atoms with Crippen LogP contribution in [0.15, 0.2) is 64.3 Å². The number of pyridine rings is 1. The lowest BCUT2D eigenvalue weighted by Gasteiger charge is -2.14. The lowest BCUT2D eigenvalue weighted by molar-refractivity contribution is -0.384. The quantitative estimate of drug-likeness (QED) is 0.245. The number of ether oxygens (including phenoxy) is 2. The number of halogens is 1. The van der Waals surface area contributed by atoms with Crippen molar-refractivity contribution >= 4 is 33.6 Å². The second-order valence-corrected chi connectivity index (χ2v) is 7.38. The Morgan fingerprint density at radius 1 is 1.19 bits per heavy atom. The Morgan fingerprint density at radius 2 is 1.94 bits per heavy atom. The summed E-state index contributed by atoms with van der Waals surface area (Å²) >= 11 is 3.51. The number of benzene rings is 2. The molecule has 1 heterocycles. The molecule has 8 nitrogen and oxygen atoms in total. The standard InChI is InChI=1S/C22H21BrN4O4/c1-3-30-20-11-17(13-25-26-22-19(27(28)29)5-4-10-24-22)18(23)12-21(20)31-14-16-8-6-15(2)7-9-16/h4-13H,3,14H2,1-2H3,(H,24,26)/b25-13+. The summed E-state index contributed by atoms with van der Waals surface area (Å²) in [5, 5.41) is 15.2. The van der Waals surface area contributed by atoms with Crippen LogP contribution in [0.4, 0.5) is 11.5 Å². The van der Waals surface area contributed by atoms with Crippen LogP contribution in [0, 0.1) is 17.0 Å². The van der Waals surface area contributed by atoms with Crippen LogP contribution >= 0.6 is 15.9 Å². The molecule has 2 aromatic carbocycles. The van der Waals surface area contributed by atoms with Crippen LogP contribution in [0.5, 0.6) is 11.5 Å². The van der Waals surface area contributed by atoms with Gasteiger partial charge in [-0.1, -0.05) is 29.8 Å². The minimum Gasteiger partial charge on any atom is -0.490 e. The van der Waals surface area contributed by atoms with Crippen molar-refractivity contribution in [2.24, 2.45) is 5.10 Å². The molecule has 0 aliphatic carbocycles. The van der Waals surface area contributed by atoms with Gasteiger partial charge in [-0.05, 0) is 53.5 Å². The number of rotatable bonds is 9. The number of nitrogens with zero attached hydrogens (tertiary/aromatic N) is 3. The molecule has 0 atom stereocenters. The maximum Gasteiger partial charge on any atom is 0.313 e. The highest BCUT2D eigenvalue weighted by Gasteiger charge is 2.14. The molecule has 160 valence electrons. The molecule has 1 N–H and O–H groups in total. The minimum absolute atomic E-state index is 0.0583. The highest BCUT2D eigenvalue weighted by atomic mass is 79.9. The third kappa shape index (κ3) is 6.02. The van der Waals surface area contributed by atoms with Gasteiger partial charge in [0.15, 0.2) is 11.5 Å². The summed E-state index contributed by atoms with van der Waals surface area (Å²) in [6.45, 7) is 4.81. The Kier molecular flexibility index (Phi) is 7.55. The molecular formula is C22H21BrN4O4. The Balaban J connectivity index is 1.77. The van der Waals surface area contributed by atoms with Crippen molar-refractivity contribution in [2.75, 3.05) is 12.0 Å². The zero-order valence-corrected chi connectivity index (χ0v) is 18.6. The lowest BCUT2D eigenvalue weighted by atomic mass is 10.2. The van der Waals surface area contributed by atoms with Crippen LogP contribution < -0.4 is 14.9 Å². The lowest BCUT2D eigenvalue weighted by Crippen LogP contribution is -2.02. The van der Waals surface area contributed by atoms with Gasteiger partial charge in [0.05, 0.1) is 17.7 Å². The first-order valence-electron chi connectivity index (χ1n) is 9.51. The topological polar surface area (TPSA) is 98.9 Å². The van der Waals surface area contributed by atoms with Crippen molar-refractivity contribution < 1.29 is 14.4 Å². The van der Waals surface area contributed by atoms with E-state index in [4.69, 9.17) is 9.47 Å². The Bertz CT molecular complexity index is 1090. The molecule has 0 unspecified atom stereocenters. The summed E-state index contributed by atoms with van der Waals surface area (Å²) < 4.78 is 12.4. The van der Waals surface area contributed by atoms with Gasteiger partial charge in [0, 0.05) is 22.3 Å². The van der Waals surface area contributed by atoms with Gasteiger partial charge in [-0.3, -0.25) is 15.5 Å². The van der Waals surface area contributed by atoms with Gasteiger partial charge < -0.3 is 9.47 Å². The highest BCUT2D eigenvalue weighted by Crippen LogP contribution is 2.34. The maximum absolute atomic E-state index is 11.1. The van der Waals surface area contributed by atoms with Crippen molar-refractivity contribution in [3.05, 3.63) is 86.0 Å². The summed E-state index contributed by atoms with van der Waals surface area (Å²) in [6.07, 6.45) is 2.98. The van der Waals surface area contributed by atoms with Crippen molar-refractivity contribution in [1.82, 2.24) is 4.98 Å². The predicted octanol–water partition coefficient (Wildman–Crippen LogP) is 5.48. The maximum atomic E-state index is 11.1. The zero-order chi connectivity index (χ0) is 22.2. The fourth-order valence-corrected chi connectivity index (χ4v) is 3.09. The van der Waals surface area contributed by atoms with E-state index in [-0.39, 0.29) is 11.5 Å². The van der Waals surface area contributed by atoms with Gasteiger partial charge in [0.2, 0.25) is 5.82 Å². The molecule has 0 fully saturated rings. The normalized spacial score (nSPS) is 10.8. The van der Waals surface area contributed by atoms with E-state index in [1.165, 1.54) is 30.1 Å². The summed E-state index contributed by atoms with van der Waals surface area (Å²) in [5.74, 6) is 1.23. The van der Waals surface area contributed by atoms with E-state index in [0.29, 0.717) is 30.3 Å². The molecule has 0 spiro atoms. The van der Waals surface area contributed by atoms with Crippen molar-refractivity contribution in [1.29, 1.82) is 0 Å². The fourth-order valence-electron chi connectivity index (χ4n) is 2.67. The number of nitrogens with one attached hydrogen (secondary N) is 1. The van der Waals surface area contributed by atoms with E-state index < -0.39 is 4.92 Å². The van der Waals surface area contributed by atoms with Crippen LogP contribution in [0.25, 0.3) is 0 Å². The minimum atomic E-state index is -0.520. The number of aromatic nitrogens is 1. The summed E-state index contributed by atoms with van der Waals surface area (Å²) in [6, 6.07) is 14.6. The van der Waals surface area contributed by atoms with Gasteiger partial charge >= 0.3 is 5.69 Å². The average molecular weight is 485 g/mol. The molecule has 0 amide bonds. The number of hydrazone groups is 1. The first kappa shape index (κ1) is 22.2. The molecule has 0 aliphatic rings. The molecule has 0 saturated carbocycles. The van der Waals surface area contributed by atoms with E-state index in [9.17, 15) is 10.1 Å². The zero-order valence-electron chi connectivity index (χ0n) is 17.0. The number of anilines is 1. The van der Waals surface area contributed by atoms with E-state index in [2.05, 4.69) is 31.4 Å². The molecule has 3 aromatic rings. The van der Waals surface area contributed by atoms with Crippen LogP contribution in [0.3, 0.4) is 0 Å². The number of hydrogen-bond donors (Lipinski definition) is 1. The van der Waals surface area contributed by atoms with Crippen LogP contribution in [-0.2, 0) is 6.61 Å². The summed E-state index contributed by atoms with van der Waals surface area (Å²) in [4.78, 5) is 14.5. The van der Waals surface area contributed by atoms with Gasteiger partial charge in [0.1, 0.15) is 6.61 Å². The van der Waals surface area contributed by atoms with Crippen molar-refractivity contribution in [3.8, 4) is 11.5 Å². The molecule has 0 bridgehead atoms. The Labute approximate surface area is 188 Å². The summed E-state index contributed by atoms with van der Waals surface area (Å²) in [5.41, 5.74) is 5.40. The molecule has 3 rings (SSSR count). The third-order valence-corrected chi connectivity index (χ3v) is 4.92. The van der Waals surface area contributed by atoms with E-state index >= 15 is 0 Å². The van der Waals surface area contributed by atoms with Gasteiger partial charge in [-0.25, -0.2) is 4.98 Å². The Hall–Kier alpha value is -3.46. The molecule has 0 saturated heterocycles. The second kappa shape index (κ2) is 10.5. The number of hydrogen-bond acceptors (Lipinski definition) is 7. The molecule has 9 heteroatoms. The van der Waals surface area contributed by atoms with Gasteiger partial charge in [-0.2, -0.15) is 5.10 Å². The fraction of sp³-hybridized carbons (Fsp3) is 0.182. The van der Waals surface area contributed by atoms with Crippen molar-refractivity contribution in [2.45, 2.75) is 20.5 Å². The first-order valence-corrected chi connectivity index (χ1v) is 10.3. The average Bonchev–Trinajstić information content (AvgIpc) is 2.76. The van der Waals surface area contributed by atoms with Crippen molar-refractivity contribution in [3.63, 3.8) is 0 Å². The third-order valence-electron chi connectivity index (χ3n) is 4.24. The largest absolute Gasteiger partial charge is 0.490 e. The molecule has 1 aromatic heterocycles. The smallest absolute Gasteiger partial charge is 0.313 e. The monoisotopic (exact) mass is 484 g/mol. The predicted molar refractivity (Wildman–Crippen MR) is 123 cm³/mol. The Morgan fingerprint density at radius 3 is 2.65 bits per heavy atom. The van der Waals surface area contributed by atoms with E-state index in [1.807, 2.05) is 44.2 Å². The molecule has 0 aliphatic heterocycles. The number of aryl methyl sites for hydroxylation is 1. The van der Waals surface area contributed by atoms with Crippen LogP contribution in [0.2, 0.25) is 0 Å². The van der Waals surface area contributed by atoms with Crippen LogP contribution in [-0.4, -0.2) is 22.7 Å². The number of nitro groups is 1. The van der Waals surface area contributed by atoms with E-state index in [0.717, 1.165) is 10.0 Å². The van der Waals surface area contributed by atoms with E-state index in [1.54, 1.807) is 6.07 Å². The van der Waals surface area contributed by atoms with Gasteiger partial charge in [0.25, 0.3) is 0 Å². The SMILES string of the molecule is CCOc1cc(/C=N/Nc2ncccc2[N+](=O)[O-])c(Br)cc1OCc1ccc(C)cc1. The first-order chi connectivity index (χ1) is 15.0. The molecular weight excluding hydrogens is 464 g/mol. The van der Waals surface area contributed by atoms with Crippen LogP contribution in [0.1, 0.15) is 23.6 Å².